The minimum absolute atomic E-state index is 0.640. The van der Waals surface area contributed by atoms with Crippen LogP contribution in [0.25, 0.3) is 5.69 Å². The Hall–Kier alpha value is -2.54. The number of nitrogen functional groups attached to an aromatic ring is 1. The van der Waals surface area contributed by atoms with Gasteiger partial charge in [0, 0.05) is 10.6 Å². The highest BCUT2D eigenvalue weighted by Gasteiger charge is 2.12. The van der Waals surface area contributed by atoms with Crippen molar-refractivity contribution < 1.29 is 4.74 Å². The molecule has 0 unspecified atom stereocenters. The van der Waals surface area contributed by atoms with Crippen LogP contribution in [0.2, 0.25) is 0 Å². The average molecular weight is 299 g/mol. The van der Waals surface area contributed by atoms with Gasteiger partial charge in [-0.3, -0.25) is 0 Å². The van der Waals surface area contributed by atoms with Crippen molar-refractivity contribution >= 4 is 17.4 Å². The number of methoxy groups -OCH3 is 1. The molecule has 0 saturated carbocycles. The molecule has 0 spiro atoms. The van der Waals surface area contributed by atoms with Gasteiger partial charge in [-0.2, -0.15) is 4.68 Å². The summed E-state index contributed by atoms with van der Waals surface area (Å²) in [5.41, 5.74) is 7.55. The molecule has 1 heterocycles. The van der Waals surface area contributed by atoms with Gasteiger partial charge in [0.05, 0.1) is 12.8 Å². The molecule has 0 aliphatic rings. The van der Waals surface area contributed by atoms with Crippen LogP contribution in [-0.2, 0) is 0 Å². The summed E-state index contributed by atoms with van der Waals surface area (Å²) in [5, 5.41) is 12.4. The molecule has 7 heteroatoms. The van der Waals surface area contributed by atoms with Crippen LogP contribution in [0.3, 0.4) is 0 Å². The lowest BCUT2D eigenvalue weighted by molar-refractivity contribution is 0.414. The van der Waals surface area contributed by atoms with Crippen LogP contribution in [0.5, 0.6) is 5.75 Å². The van der Waals surface area contributed by atoms with Gasteiger partial charge in [-0.1, -0.05) is 18.2 Å². The number of hydrogen-bond acceptors (Lipinski definition) is 6. The largest absolute Gasteiger partial charge is 0.497 e. The van der Waals surface area contributed by atoms with Crippen LogP contribution in [0.1, 0.15) is 0 Å². The normalized spacial score (nSPS) is 10.5. The molecule has 3 rings (SSSR count). The second-order valence-corrected chi connectivity index (χ2v) is 5.22. The van der Waals surface area contributed by atoms with E-state index in [0.29, 0.717) is 10.8 Å². The Morgan fingerprint density at radius 2 is 1.95 bits per heavy atom. The Morgan fingerprint density at radius 1 is 1.14 bits per heavy atom. The van der Waals surface area contributed by atoms with E-state index in [1.165, 1.54) is 11.8 Å². The van der Waals surface area contributed by atoms with E-state index >= 15 is 0 Å². The molecule has 0 radical (unpaired) electrons. The summed E-state index contributed by atoms with van der Waals surface area (Å²) in [6.07, 6.45) is 0. The van der Waals surface area contributed by atoms with Crippen LogP contribution in [0.15, 0.2) is 58.6 Å². The molecular formula is C14H13N5OS. The highest BCUT2D eigenvalue weighted by molar-refractivity contribution is 7.99. The molecular weight excluding hydrogens is 286 g/mol. The molecule has 6 nitrogen and oxygen atoms in total. The van der Waals surface area contributed by atoms with Crippen molar-refractivity contribution in [1.29, 1.82) is 0 Å². The third-order valence-corrected chi connectivity index (χ3v) is 3.87. The Bertz CT molecular complexity index is 744. The quantitative estimate of drug-likeness (QED) is 0.745. The second kappa shape index (κ2) is 5.84. The Morgan fingerprint density at radius 3 is 2.71 bits per heavy atom. The van der Waals surface area contributed by atoms with Crippen LogP contribution in [0.4, 0.5) is 5.69 Å². The van der Waals surface area contributed by atoms with Crippen molar-refractivity contribution in [2.45, 2.75) is 10.1 Å². The molecule has 0 bridgehead atoms. The fraction of sp³-hybridized carbons (Fsp3) is 0.0714. The molecule has 2 aromatic carbocycles. The van der Waals surface area contributed by atoms with E-state index in [2.05, 4.69) is 15.5 Å². The molecule has 0 atom stereocenters. The van der Waals surface area contributed by atoms with Gasteiger partial charge in [-0.15, -0.1) is 5.10 Å². The number of ether oxygens (including phenoxy) is 1. The first-order valence-electron chi connectivity index (χ1n) is 6.23. The summed E-state index contributed by atoms with van der Waals surface area (Å²) >= 11 is 1.39. The smallest absolute Gasteiger partial charge is 0.218 e. The van der Waals surface area contributed by atoms with Crippen LogP contribution < -0.4 is 10.5 Å². The first kappa shape index (κ1) is 13.4. The van der Waals surface area contributed by atoms with E-state index in [1.807, 2.05) is 42.5 Å². The van der Waals surface area contributed by atoms with Crippen molar-refractivity contribution in [3.8, 4) is 11.4 Å². The number of aromatic nitrogens is 4. The summed E-state index contributed by atoms with van der Waals surface area (Å²) in [6, 6.07) is 15.2. The lowest BCUT2D eigenvalue weighted by Crippen LogP contribution is -1.99. The lowest BCUT2D eigenvalue weighted by atomic mass is 10.3. The zero-order valence-corrected chi connectivity index (χ0v) is 12.1. The maximum atomic E-state index is 6.00. The Balaban J connectivity index is 1.95. The molecule has 0 aliphatic carbocycles. The van der Waals surface area contributed by atoms with E-state index in [4.69, 9.17) is 10.5 Å². The zero-order chi connectivity index (χ0) is 14.7. The number of hydrogen-bond donors (Lipinski definition) is 1. The van der Waals surface area contributed by atoms with E-state index in [-0.39, 0.29) is 0 Å². The molecule has 0 aliphatic heterocycles. The third-order valence-electron chi connectivity index (χ3n) is 2.86. The van der Waals surface area contributed by atoms with Crippen molar-refractivity contribution in [2.24, 2.45) is 0 Å². The number of anilines is 1. The van der Waals surface area contributed by atoms with Crippen LogP contribution in [-0.4, -0.2) is 27.3 Å². The molecule has 0 saturated heterocycles. The highest BCUT2D eigenvalue weighted by Crippen LogP contribution is 2.33. The lowest BCUT2D eigenvalue weighted by Gasteiger charge is -2.08. The number of rotatable bonds is 4. The van der Waals surface area contributed by atoms with E-state index in [1.54, 1.807) is 17.9 Å². The number of nitrogens with zero attached hydrogens (tertiary/aromatic N) is 4. The maximum absolute atomic E-state index is 6.00. The molecule has 2 N–H and O–H groups in total. The van der Waals surface area contributed by atoms with E-state index in [0.717, 1.165) is 16.3 Å². The van der Waals surface area contributed by atoms with Gasteiger partial charge in [0.15, 0.2) is 0 Å². The van der Waals surface area contributed by atoms with Gasteiger partial charge in [0.25, 0.3) is 0 Å². The summed E-state index contributed by atoms with van der Waals surface area (Å²) in [6.45, 7) is 0. The number of benzene rings is 2. The molecule has 1 aromatic heterocycles. The number of tetrazole rings is 1. The minimum Gasteiger partial charge on any atom is -0.497 e. The Kier molecular flexibility index (Phi) is 3.74. The molecule has 106 valence electrons. The average Bonchev–Trinajstić information content (AvgIpc) is 2.98. The molecule has 21 heavy (non-hydrogen) atoms. The summed E-state index contributed by atoms with van der Waals surface area (Å²) in [7, 11) is 1.62. The van der Waals surface area contributed by atoms with Crippen LogP contribution in [0, 0.1) is 0 Å². The summed E-state index contributed by atoms with van der Waals surface area (Å²) in [4.78, 5) is 0.848. The Labute approximate surface area is 125 Å². The van der Waals surface area contributed by atoms with Crippen molar-refractivity contribution in [3.63, 3.8) is 0 Å². The van der Waals surface area contributed by atoms with Crippen molar-refractivity contribution in [2.75, 3.05) is 12.8 Å². The molecule has 3 aromatic rings. The van der Waals surface area contributed by atoms with Crippen molar-refractivity contribution in [3.05, 3.63) is 48.5 Å². The minimum atomic E-state index is 0.640. The van der Waals surface area contributed by atoms with E-state index in [9.17, 15) is 0 Å². The van der Waals surface area contributed by atoms with Gasteiger partial charge in [0.2, 0.25) is 5.16 Å². The predicted octanol–water partition coefficient (Wildman–Crippen LogP) is 2.40. The van der Waals surface area contributed by atoms with Gasteiger partial charge in [0.1, 0.15) is 5.75 Å². The topological polar surface area (TPSA) is 78.8 Å². The first-order chi connectivity index (χ1) is 10.3. The van der Waals surface area contributed by atoms with Gasteiger partial charge in [-0.25, -0.2) is 0 Å². The number of para-hydroxylation sites is 1. The van der Waals surface area contributed by atoms with Crippen molar-refractivity contribution in [1.82, 2.24) is 20.2 Å². The predicted molar refractivity (Wildman–Crippen MR) is 80.7 cm³/mol. The van der Waals surface area contributed by atoms with Gasteiger partial charge >= 0.3 is 0 Å². The standard InChI is InChI=1S/C14H13N5OS/c1-20-11-7-8-12(15)13(9-11)21-14-16-17-18-19(14)10-5-3-2-4-6-10/h2-9H,15H2,1H3. The maximum Gasteiger partial charge on any atom is 0.218 e. The zero-order valence-electron chi connectivity index (χ0n) is 11.3. The fourth-order valence-electron chi connectivity index (χ4n) is 1.80. The van der Waals surface area contributed by atoms with E-state index < -0.39 is 0 Å². The summed E-state index contributed by atoms with van der Waals surface area (Å²) in [5.74, 6) is 0.741. The monoisotopic (exact) mass is 299 g/mol. The first-order valence-corrected chi connectivity index (χ1v) is 7.05. The highest BCUT2D eigenvalue weighted by atomic mass is 32.2. The molecule has 0 fully saturated rings. The fourth-order valence-corrected chi connectivity index (χ4v) is 2.67. The third kappa shape index (κ3) is 2.82. The van der Waals surface area contributed by atoms with Crippen LogP contribution >= 0.6 is 11.8 Å². The SMILES string of the molecule is COc1ccc(N)c(Sc2nnnn2-c2ccccc2)c1. The summed E-state index contributed by atoms with van der Waals surface area (Å²) < 4.78 is 6.89. The molecule has 0 amide bonds. The number of nitrogens with two attached hydrogens (primary N) is 1. The van der Waals surface area contributed by atoms with Gasteiger partial charge < -0.3 is 10.5 Å². The second-order valence-electron chi connectivity index (χ2n) is 4.21. The van der Waals surface area contributed by atoms with Gasteiger partial charge in [-0.05, 0) is 52.5 Å².